The van der Waals surface area contributed by atoms with Crippen molar-refractivity contribution in [3.05, 3.63) is 88.1 Å². The minimum Gasteiger partial charge on any atom is -0.493 e. The SMILES string of the molecule is Cc1ccc(S(=O)(=O)n2ccc3c(Cn4nc5ccc(C#N)cc5c4O)c(Cl)cc(C)c32)cc1. The van der Waals surface area contributed by atoms with Crippen molar-refractivity contribution in [2.24, 2.45) is 0 Å². The third-order valence-corrected chi connectivity index (χ3v) is 7.93. The van der Waals surface area contributed by atoms with E-state index in [0.717, 1.165) is 5.56 Å². The van der Waals surface area contributed by atoms with Gasteiger partial charge in [0.05, 0.1) is 39.5 Å². The number of aromatic nitrogens is 3. The standard InChI is InChI=1S/C25H19ClN4O3S/c1-15-3-6-18(7-4-15)34(32,33)30-10-9-19-21(22(26)11-16(2)24(19)30)14-29-25(31)20-12-17(13-27)5-8-23(20)28-29/h3-12,31H,14H2,1-2H3. The Labute approximate surface area is 201 Å². The molecule has 0 spiro atoms. The van der Waals surface area contributed by atoms with Gasteiger partial charge in [-0.1, -0.05) is 29.3 Å². The van der Waals surface area contributed by atoms with Crippen LogP contribution in [0, 0.1) is 25.2 Å². The number of nitrogens with zero attached hydrogens (tertiary/aromatic N) is 4. The zero-order chi connectivity index (χ0) is 24.2. The largest absolute Gasteiger partial charge is 0.493 e. The normalized spacial score (nSPS) is 11.8. The predicted molar refractivity (Wildman–Crippen MR) is 131 cm³/mol. The minimum atomic E-state index is -3.83. The fourth-order valence-corrected chi connectivity index (χ4v) is 5.89. The van der Waals surface area contributed by atoms with Gasteiger partial charge in [0.15, 0.2) is 0 Å². The van der Waals surface area contributed by atoms with Crippen LogP contribution in [-0.4, -0.2) is 27.3 Å². The molecule has 0 amide bonds. The molecule has 0 aliphatic rings. The molecule has 0 fully saturated rings. The van der Waals surface area contributed by atoms with Crippen molar-refractivity contribution < 1.29 is 13.5 Å². The van der Waals surface area contributed by atoms with Gasteiger partial charge in [0.2, 0.25) is 5.88 Å². The zero-order valence-electron chi connectivity index (χ0n) is 18.3. The first-order valence-corrected chi connectivity index (χ1v) is 12.2. The average Bonchev–Trinajstić information content (AvgIpc) is 3.39. The molecule has 5 aromatic rings. The Morgan fingerprint density at radius 2 is 1.79 bits per heavy atom. The maximum absolute atomic E-state index is 13.4. The second kappa shape index (κ2) is 7.90. The van der Waals surface area contributed by atoms with Crippen LogP contribution in [0.3, 0.4) is 0 Å². The van der Waals surface area contributed by atoms with Crippen LogP contribution in [-0.2, 0) is 16.6 Å². The van der Waals surface area contributed by atoms with Gasteiger partial charge in [0.1, 0.15) is 0 Å². The molecule has 1 N–H and O–H groups in total. The van der Waals surface area contributed by atoms with Crippen LogP contribution >= 0.6 is 11.6 Å². The highest BCUT2D eigenvalue weighted by Gasteiger charge is 2.23. The highest BCUT2D eigenvalue weighted by Crippen LogP contribution is 2.34. The van der Waals surface area contributed by atoms with Gasteiger partial charge in [0, 0.05) is 22.2 Å². The molecule has 0 saturated heterocycles. The summed E-state index contributed by atoms with van der Waals surface area (Å²) in [5.41, 5.74) is 3.77. The fraction of sp³-hybridized carbons (Fsp3) is 0.120. The van der Waals surface area contributed by atoms with Crippen LogP contribution in [0.15, 0.2) is 65.7 Å². The summed E-state index contributed by atoms with van der Waals surface area (Å²) in [6.45, 7) is 3.82. The number of fused-ring (bicyclic) bond motifs is 2. The van der Waals surface area contributed by atoms with E-state index in [1.165, 1.54) is 14.9 Å². The first-order valence-electron chi connectivity index (χ1n) is 10.4. The average molecular weight is 491 g/mol. The lowest BCUT2D eigenvalue weighted by molar-refractivity contribution is 0.414. The summed E-state index contributed by atoms with van der Waals surface area (Å²) < 4.78 is 29.5. The number of nitriles is 1. The molecule has 34 heavy (non-hydrogen) atoms. The van der Waals surface area contributed by atoms with E-state index in [9.17, 15) is 13.5 Å². The Bertz CT molecular complexity index is 1740. The van der Waals surface area contributed by atoms with Crippen LogP contribution in [0.2, 0.25) is 5.02 Å². The minimum absolute atomic E-state index is 0.0939. The quantitative estimate of drug-likeness (QED) is 0.376. The maximum atomic E-state index is 13.4. The van der Waals surface area contributed by atoms with E-state index >= 15 is 0 Å². The second-order valence-electron chi connectivity index (χ2n) is 8.17. The van der Waals surface area contributed by atoms with Crippen molar-refractivity contribution in [1.29, 1.82) is 5.26 Å². The number of halogens is 1. The van der Waals surface area contributed by atoms with E-state index in [0.29, 0.717) is 43.5 Å². The molecular weight excluding hydrogens is 472 g/mol. The van der Waals surface area contributed by atoms with Gasteiger partial charge in [-0.3, -0.25) is 0 Å². The van der Waals surface area contributed by atoms with Crippen LogP contribution in [0.4, 0.5) is 0 Å². The van der Waals surface area contributed by atoms with Crippen molar-refractivity contribution in [1.82, 2.24) is 13.8 Å². The van der Waals surface area contributed by atoms with E-state index in [-0.39, 0.29) is 17.3 Å². The molecule has 0 bridgehead atoms. The van der Waals surface area contributed by atoms with Crippen molar-refractivity contribution in [3.8, 4) is 11.9 Å². The van der Waals surface area contributed by atoms with Crippen molar-refractivity contribution in [2.45, 2.75) is 25.3 Å². The number of hydrogen-bond acceptors (Lipinski definition) is 5. The molecule has 0 radical (unpaired) electrons. The smallest absolute Gasteiger partial charge is 0.268 e. The molecule has 0 atom stereocenters. The number of hydrogen-bond donors (Lipinski definition) is 1. The number of rotatable bonds is 4. The number of benzene rings is 3. The molecule has 170 valence electrons. The molecule has 5 rings (SSSR count). The van der Waals surface area contributed by atoms with Gasteiger partial charge in [-0.15, -0.1) is 0 Å². The van der Waals surface area contributed by atoms with Crippen molar-refractivity contribution >= 4 is 43.4 Å². The van der Waals surface area contributed by atoms with E-state index in [2.05, 4.69) is 5.10 Å². The highest BCUT2D eigenvalue weighted by atomic mass is 35.5. The Kier molecular flexibility index (Phi) is 5.12. The summed E-state index contributed by atoms with van der Waals surface area (Å²) in [5, 5.41) is 25.9. The van der Waals surface area contributed by atoms with E-state index in [1.807, 2.05) is 19.9 Å². The second-order valence-corrected chi connectivity index (χ2v) is 10.4. The Morgan fingerprint density at radius 1 is 1.06 bits per heavy atom. The van der Waals surface area contributed by atoms with Crippen LogP contribution in [0.1, 0.15) is 22.3 Å². The molecule has 2 heterocycles. The topological polar surface area (TPSA) is 101 Å². The summed E-state index contributed by atoms with van der Waals surface area (Å²) in [4.78, 5) is 0.191. The van der Waals surface area contributed by atoms with E-state index in [4.69, 9.17) is 16.9 Å². The third-order valence-electron chi connectivity index (χ3n) is 5.91. The summed E-state index contributed by atoms with van der Waals surface area (Å²) >= 11 is 6.59. The van der Waals surface area contributed by atoms with Gasteiger partial charge < -0.3 is 5.11 Å². The van der Waals surface area contributed by atoms with Gasteiger partial charge in [-0.25, -0.2) is 17.1 Å². The number of aryl methyl sites for hydroxylation is 2. The van der Waals surface area contributed by atoms with Crippen molar-refractivity contribution in [2.75, 3.05) is 0 Å². The number of aromatic hydroxyl groups is 1. The molecule has 0 aliphatic carbocycles. The van der Waals surface area contributed by atoms with Gasteiger partial charge in [-0.05, 0) is 61.9 Å². The molecule has 0 aliphatic heterocycles. The highest BCUT2D eigenvalue weighted by molar-refractivity contribution is 7.90. The predicted octanol–water partition coefficient (Wildman–Crippen LogP) is 5.12. The lowest BCUT2D eigenvalue weighted by Crippen LogP contribution is -2.12. The van der Waals surface area contributed by atoms with Crippen LogP contribution in [0.5, 0.6) is 5.88 Å². The Morgan fingerprint density at radius 3 is 2.50 bits per heavy atom. The molecule has 9 heteroatoms. The lowest BCUT2D eigenvalue weighted by atomic mass is 10.1. The molecule has 0 saturated carbocycles. The van der Waals surface area contributed by atoms with Crippen molar-refractivity contribution in [3.63, 3.8) is 0 Å². The lowest BCUT2D eigenvalue weighted by Gasteiger charge is -2.13. The first kappa shape index (κ1) is 22.0. The van der Waals surface area contributed by atoms with Gasteiger partial charge in [-0.2, -0.15) is 10.4 Å². The third kappa shape index (κ3) is 3.41. The Hall–Kier alpha value is -3.80. The first-order chi connectivity index (χ1) is 16.2. The fourth-order valence-electron chi connectivity index (χ4n) is 4.15. The summed E-state index contributed by atoms with van der Waals surface area (Å²) in [5.74, 6) is -0.0939. The molecule has 2 aromatic heterocycles. The monoisotopic (exact) mass is 490 g/mol. The summed E-state index contributed by atoms with van der Waals surface area (Å²) in [6, 6.07) is 17.0. The summed E-state index contributed by atoms with van der Waals surface area (Å²) in [7, 11) is -3.83. The van der Waals surface area contributed by atoms with E-state index in [1.54, 1.807) is 54.6 Å². The summed E-state index contributed by atoms with van der Waals surface area (Å²) in [6.07, 6.45) is 1.52. The molecular formula is C25H19ClN4O3S. The van der Waals surface area contributed by atoms with Gasteiger partial charge >= 0.3 is 0 Å². The molecule has 3 aromatic carbocycles. The van der Waals surface area contributed by atoms with Crippen LogP contribution < -0.4 is 0 Å². The maximum Gasteiger partial charge on any atom is 0.268 e. The van der Waals surface area contributed by atoms with Gasteiger partial charge in [0.25, 0.3) is 10.0 Å². The van der Waals surface area contributed by atoms with Crippen LogP contribution in [0.25, 0.3) is 21.8 Å². The molecule has 0 unspecified atom stereocenters. The Balaban J connectivity index is 1.66. The molecule has 7 nitrogen and oxygen atoms in total. The van der Waals surface area contributed by atoms with E-state index < -0.39 is 10.0 Å². The zero-order valence-corrected chi connectivity index (χ0v) is 19.9.